The summed E-state index contributed by atoms with van der Waals surface area (Å²) in [6.07, 6.45) is 0. The van der Waals surface area contributed by atoms with Crippen LogP contribution in [0.5, 0.6) is 11.6 Å². The minimum atomic E-state index is 0.233. The van der Waals surface area contributed by atoms with Crippen LogP contribution in [0.1, 0.15) is 5.56 Å². The van der Waals surface area contributed by atoms with E-state index in [-0.39, 0.29) is 5.82 Å². The highest BCUT2D eigenvalue weighted by atomic mass is 16.5. The molecule has 84 valence electrons. The molecule has 0 saturated carbocycles. The summed E-state index contributed by atoms with van der Waals surface area (Å²) in [6, 6.07) is 12.0. The second-order valence-corrected chi connectivity index (χ2v) is 3.36. The van der Waals surface area contributed by atoms with Crippen LogP contribution < -0.4 is 16.2 Å². The predicted molar refractivity (Wildman–Crippen MR) is 64.3 cm³/mol. The van der Waals surface area contributed by atoms with Crippen LogP contribution in [0.25, 0.3) is 0 Å². The van der Waals surface area contributed by atoms with Gasteiger partial charge in [0.25, 0.3) is 0 Å². The molecule has 5 nitrogen and oxygen atoms in total. The molecular weight excluding hydrogens is 216 g/mol. The van der Waals surface area contributed by atoms with Gasteiger partial charge in [-0.05, 0) is 30.3 Å². The summed E-state index contributed by atoms with van der Waals surface area (Å²) >= 11 is 0. The Bertz CT molecular complexity index is 572. The van der Waals surface area contributed by atoms with Crippen LogP contribution in [0.2, 0.25) is 0 Å². The topological polar surface area (TPSA) is 97.9 Å². The van der Waals surface area contributed by atoms with Gasteiger partial charge in [0.05, 0.1) is 17.3 Å². The Morgan fingerprint density at radius 1 is 1.06 bits per heavy atom. The zero-order valence-electron chi connectivity index (χ0n) is 8.92. The van der Waals surface area contributed by atoms with E-state index < -0.39 is 0 Å². The van der Waals surface area contributed by atoms with Crippen molar-refractivity contribution in [2.24, 2.45) is 0 Å². The van der Waals surface area contributed by atoms with Gasteiger partial charge in [0.1, 0.15) is 5.75 Å². The first-order valence-electron chi connectivity index (χ1n) is 4.89. The lowest BCUT2D eigenvalue weighted by molar-refractivity contribution is 0.464. The molecule has 0 aliphatic heterocycles. The Kier molecular flexibility index (Phi) is 2.79. The molecule has 0 fully saturated rings. The van der Waals surface area contributed by atoms with Gasteiger partial charge in [-0.2, -0.15) is 10.2 Å². The largest absolute Gasteiger partial charge is 0.439 e. The summed E-state index contributed by atoms with van der Waals surface area (Å²) in [5, 5.41) is 8.65. The average molecular weight is 226 g/mol. The van der Waals surface area contributed by atoms with Crippen molar-refractivity contribution >= 4 is 11.5 Å². The number of rotatable bonds is 2. The van der Waals surface area contributed by atoms with Crippen LogP contribution in [-0.4, -0.2) is 4.98 Å². The lowest BCUT2D eigenvalue weighted by atomic mass is 10.2. The molecule has 0 unspecified atom stereocenters. The van der Waals surface area contributed by atoms with E-state index in [1.54, 1.807) is 36.4 Å². The van der Waals surface area contributed by atoms with Gasteiger partial charge in [0.2, 0.25) is 5.88 Å². The van der Waals surface area contributed by atoms with Gasteiger partial charge in [0.15, 0.2) is 5.82 Å². The summed E-state index contributed by atoms with van der Waals surface area (Å²) in [6.45, 7) is 0. The SMILES string of the molecule is N#Cc1ccc(Oc2ccc(N)c(N)n2)cc1. The summed E-state index contributed by atoms with van der Waals surface area (Å²) < 4.78 is 5.46. The van der Waals surface area contributed by atoms with Crippen LogP contribution in [0, 0.1) is 11.3 Å². The number of ether oxygens (including phenoxy) is 1. The second-order valence-electron chi connectivity index (χ2n) is 3.36. The molecule has 0 aliphatic carbocycles. The predicted octanol–water partition coefficient (Wildman–Crippen LogP) is 1.91. The van der Waals surface area contributed by atoms with E-state index in [4.69, 9.17) is 21.5 Å². The van der Waals surface area contributed by atoms with Crippen molar-refractivity contribution in [3.05, 3.63) is 42.0 Å². The van der Waals surface area contributed by atoms with Crippen molar-refractivity contribution in [2.45, 2.75) is 0 Å². The number of nitriles is 1. The maximum absolute atomic E-state index is 8.65. The van der Waals surface area contributed by atoms with Gasteiger partial charge < -0.3 is 16.2 Å². The van der Waals surface area contributed by atoms with E-state index in [0.29, 0.717) is 22.9 Å². The van der Waals surface area contributed by atoms with Gasteiger partial charge in [-0.15, -0.1) is 0 Å². The molecule has 0 amide bonds. The molecular formula is C12H10N4O. The molecule has 1 aromatic carbocycles. The quantitative estimate of drug-likeness (QED) is 0.815. The van der Waals surface area contributed by atoms with Crippen molar-refractivity contribution in [3.63, 3.8) is 0 Å². The van der Waals surface area contributed by atoms with Gasteiger partial charge in [-0.3, -0.25) is 0 Å². The molecule has 1 aromatic heterocycles. The number of benzene rings is 1. The zero-order valence-corrected chi connectivity index (χ0v) is 8.92. The van der Waals surface area contributed by atoms with E-state index in [1.807, 2.05) is 6.07 Å². The molecule has 1 heterocycles. The maximum Gasteiger partial charge on any atom is 0.221 e. The second kappa shape index (κ2) is 4.41. The van der Waals surface area contributed by atoms with Crippen molar-refractivity contribution in [3.8, 4) is 17.7 Å². The molecule has 17 heavy (non-hydrogen) atoms. The third-order valence-corrected chi connectivity index (χ3v) is 2.14. The summed E-state index contributed by atoms with van der Waals surface area (Å²) in [5.41, 5.74) is 12.1. The molecule has 0 radical (unpaired) electrons. The highest BCUT2D eigenvalue weighted by Crippen LogP contribution is 2.22. The lowest BCUT2D eigenvalue weighted by Crippen LogP contribution is -1.98. The highest BCUT2D eigenvalue weighted by Gasteiger charge is 2.02. The minimum absolute atomic E-state index is 0.233. The molecule has 5 heteroatoms. The maximum atomic E-state index is 8.65. The first-order valence-corrected chi connectivity index (χ1v) is 4.89. The van der Waals surface area contributed by atoms with Crippen molar-refractivity contribution in [1.82, 2.24) is 4.98 Å². The van der Waals surface area contributed by atoms with E-state index in [9.17, 15) is 0 Å². The molecule has 0 saturated heterocycles. The number of hydrogen-bond donors (Lipinski definition) is 2. The fraction of sp³-hybridized carbons (Fsp3) is 0. The summed E-state index contributed by atoms with van der Waals surface area (Å²) in [4.78, 5) is 3.98. The van der Waals surface area contributed by atoms with Gasteiger partial charge in [-0.25, -0.2) is 0 Å². The Morgan fingerprint density at radius 2 is 1.76 bits per heavy atom. The number of nitrogen functional groups attached to an aromatic ring is 2. The van der Waals surface area contributed by atoms with E-state index in [1.165, 1.54) is 0 Å². The summed E-state index contributed by atoms with van der Waals surface area (Å²) in [5.74, 6) is 1.18. The van der Waals surface area contributed by atoms with Gasteiger partial charge in [-0.1, -0.05) is 0 Å². The van der Waals surface area contributed by atoms with Crippen molar-refractivity contribution < 1.29 is 4.74 Å². The Labute approximate surface area is 98.3 Å². The lowest BCUT2D eigenvalue weighted by Gasteiger charge is -2.06. The van der Waals surface area contributed by atoms with Crippen LogP contribution in [0.15, 0.2) is 36.4 Å². The fourth-order valence-electron chi connectivity index (χ4n) is 1.24. The van der Waals surface area contributed by atoms with E-state index in [2.05, 4.69) is 4.98 Å². The highest BCUT2D eigenvalue weighted by molar-refractivity contribution is 5.58. The third-order valence-electron chi connectivity index (χ3n) is 2.14. The number of hydrogen-bond acceptors (Lipinski definition) is 5. The monoisotopic (exact) mass is 226 g/mol. The number of anilines is 2. The Balaban J connectivity index is 2.20. The Morgan fingerprint density at radius 3 is 2.35 bits per heavy atom. The van der Waals surface area contributed by atoms with E-state index in [0.717, 1.165) is 0 Å². The zero-order chi connectivity index (χ0) is 12.3. The van der Waals surface area contributed by atoms with Crippen molar-refractivity contribution in [1.29, 1.82) is 5.26 Å². The molecule has 2 rings (SSSR count). The average Bonchev–Trinajstić information content (AvgIpc) is 2.35. The normalized spacial score (nSPS) is 9.59. The van der Waals surface area contributed by atoms with Crippen LogP contribution in [0.4, 0.5) is 11.5 Å². The van der Waals surface area contributed by atoms with Gasteiger partial charge in [0, 0.05) is 6.07 Å². The fourth-order valence-corrected chi connectivity index (χ4v) is 1.24. The molecule has 2 aromatic rings. The molecule has 0 spiro atoms. The first-order chi connectivity index (χ1) is 8.19. The number of nitrogens with zero attached hydrogens (tertiary/aromatic N) is 2. The standard InChI is InChI=1S/C12H10N4O/c13-7-8-1-3-9(4-2-8)17-11-6-5-10(14)12(15)16-11/h1-6H,14H2,(H2,15,16). The van der Waals surface area contributed by atoms with Crippen molar-refractivity contribution in [2.75, 3.05) is 11.5 Å². The van der Waals surface area contributed by atoms with E-state index >= 15 is 0 Å². The third kappa shape index (κ3) is 2.44. The van der Waals surface area contributed by atoms with Gasteiger partial charge >= 0.3 is 0 Å². The minimum Gasteiger partial charge on any atom is -0.439 e. The van der Waals surface area contributed by atoms with Crippen LogP contribution >= 0.6 is 0 Å². The Hall–Kier alpha value is -2.74. The van der Waals surface area contributed by atoms with Crippen LogP contribution in [-0.2, 0) is 0 Å². The number of pyridine rings is 1. The van der Waals surface area contributed by atoms with Crippen LogP contribution in [0.3, 0.4) is 0 Å². The molecule has 0 atom stereocenters. The smallest absolute Gasteiger partial charge is 0.221 e. The molecule has 0 aliphatic rings. The molecule has 4 N–H and O–H groups in total. The first kappa shape index (κ1) is 10.8. The molecule has 0 bridgehead atoms. The summed E-state index contributed by atoms with van der Waals surface area (Å²) in [7, 11) is 0. The number of nitrogens with two attached hydrogens (primary N) is 2. The number of aromatic nitrogens is 1.